The topological polar surface area (TPSA) is 298 Å². The Kier molecular flexibility index (Phi) is 19.8. The molecule has 21 heterocycles. The summed E-state index contributed by atoms with van der Waals surface area (Å²) in [4.78, 5) is 106. The summed E-state index contributed by atoms with van der Waals surface area (Å²) in [6, 6.07) is 37.3. The fraction of sp³-hybridized carbons (Fsp3) is 0.330. The Labute approximate surface area is 675 Å². The predicted octanol–water partition coefficient (Wildman–Crippen LogP) is 11.6. The molecule has 0 saturated carbocycles. The van der Waals surface area contributed by atoms with Gasteiger partial charge in [0, 0.05) is 172 Å². The second-order valence-electron chi connectivity index (χ2n) is 32.3. The number of pyridine rings is 7. The molecule has 2 bridgehead atoms. The van der Waals surface area contributed by atoms with Gasteiger partial charge in [0.2, 0.25) is 22.9 Å². The summed E-state index contributed by atoms with van der Waals surface area (Å²) in [5, 5.41) is 9.99. The molecule has 0 amide bonds. The van der Waals surface area contributed by atoms with Crippen LogP contribution in [-0.2, 0) is 0 Å². The van der Waals surface area contributed by atoms with Crippen LogP contribution in [0.3, 0.4) is 0 Å². The van der Waals surface area contributed by atoms with Crippen LogP contribution >= 0.6 is 0 Å². The first-order chi connectivity index (χ1) is 56.8. The summed E-state index contributed by atoms with van der Waals surface area (Å²) in [6.07, 6.45) is 15.9. The van der Waals surface area contributed by atoms with Crippen molar-refractivity contribution in [1.82, 2.24) is 82.9 Å². The number of likely N-dealkylation sites (N-methyl/N-ethyl adjacent to an activating group) is 2. The second-order valence-corrected chi connectivity index (χ2v) is 32.3. The van der Waals surface area contributed by atoms with Crippen molar-refractivity contribution in [3.05, 3.63) is 229 Å². The van der Waals surface area contributed by atoms with Crippen LogP contribution in [0.2, 0.25) is 0 Å². The lowest BCUT2D eigenvalue weighted by Crippen LogP contribution is -2.55. The van der Waals surface area contributed by atoms with Crippen LogP contribution in [0.4, 0.5) is 27.7 Å². The molecule has 5 aliphatic heterocycles. The summed E-state index contributed by atoms with van der Waals surface area (Å²) in [5.41, 5.74) is 9.35. The van der Waals surface area contributed by atoms with Gasteiger partial charge in [-0.15, -0.1) is 0 Å². The number of halogens is 1. The van der Waals surface area contributed by atoms with Gasteiger partial charge in [0.25, 0.3) is 0 Å². The lowest BCUT2D eigenvalue weighted by Gasteiger charge is -2.43. The molecule has 5 aliphatic rings. The van der Waals surface area contributed by atoms with Gasteiger partial charge >= 0.3 is 22.5 Å². The zero-order chi connectivity index (χ0) is 81.8. The van der Waals surface area contributed by atoms with Gasteiger partial charge in [0.15, 0.2) is 17.1 Å². The summed E-state index contributed by atoms with van der Waals surface area (Å²) < 4.78 is 43.9. The zero-order valence-electron chi connectivity index (χ0n) is 67.6. The summed E-state index contributed by atoms with van der Waals surface area (Å²) >= 11 is 0. The Morgan fingerprint density at radius 2 is 0.898 bits per heavy atom. The number of hydrogen-bond acceptors (Lipinski definition) is 25. The van der Waals surface area contributed by atoms with E-state index >= 15 is 0 Å². The normalized spacial score (nSPS) is 20.4. The average molecular weight is 1590 g/mol. The minimum absolute atomic E-state index is 0.172. The van der Waals surface area contributed by atoms with Crippen molar-refractivity contribution in [1.29, 1.82) is 0 Å². The van der Waals surface area contributed by atoms with Crippen molar-refractivity contribution >= 4 is 90.3 Å². The van der Waals surface area contributed by atoms with Crippen LogP contribution in [0.5, 0.6) is 0 Å². The molecule has 30 heteroatoms. The molecule has 21 rings (SSSR count). The molecule has 29 nitrogen and oxygen atoms in total. The largest absolute Gasteiger partial charge is 0.403 e. The molecule has 0 spiro atoms. The van der Waals surface area contributed by atoms with Crippen LogP contribution in [0, 0.1) is 33.5 Å². The number of nitrogens with zero attached hydrogens (tertiary/aromatic N) is 19. The number of rotatable bonds is 8. The molecule has 8 atom stereocenters. The predicted molar refractivity (Wildman–Crippen MR) is 454 cm³/mol. The number of nitrogens with one attached hydrogen (secondary N) is 2. The number of aromatic nitrogens is 13. The number of piperazine rings is 4. The van der Waals surface area contributed by atoms with Crippen LogP contribution in [0.1, 0.15) is 70.5 Å². The molecule has 0 unspecified atom stereocenters. The van der Waals surface area contributed by atoms with Gasteiger partial charge in [-0.3, -0.25) is 14.8 Å². The first kappa shape index (κ1) is 76.4. The van der Waals surface area contributed by atoms with Crippen LogP contribution < -0.4 is 52.7 Å². The van der Waals surface area contributed by atoms with E-state index in [4.69, 9.17) is 17.7 Å². The van der Waals surface area contributed by atoms with E-state index in [1.807, 2.05) is 168 Å². The number of hydrogen-bond donors (Lipinski definition) is 2. The van der Waals surface area contributed by atoms with E-state index in [2.05, 4.69) is 141 Å². The fourth-order valence-electron chi connectivity index (χ4n) is 16.8. The van der Waals surface area contributed by atoms with Gasteiger partial charge in [-0.1, -0.05) is 12.1 Å². The monoisotopic (exact) mass is 1590 g/mol. The number of imidazole rings is 4. The molecule has 2 N–H and O–H groups in total. The highest BCUT2D eigenvalue weighted by molar-refractivity contribution is 5.84. The molecule has 118 heavy (non-hydrogen) atoms. The third-order valence-corrected chi connectivity index (χ3v) is 23.5. The van der Waals surface area contributed by atoms with Crippen molar-refractivity contribution in [2.45, 2.75) is 124 Å². The third-order valence-electron chi connectivity index (χ3n) is 23.5. The molecule has 16 aromatic rings. The highest BCUT2D eigenvalue weighted by Gasteiger charge is 2.39. The molecule has 16 aromatic heterocycles. The quantitative estimate of drug-likeness (QED) is 0.143. The van der Waals surface area contributed by atoms with Crippen molar-refractivity contribution in [2.75, 3.05) is 86.1 Å². The standard InChI is InChI=1S/C23H26N6O2.C22H22FN5O2.C22H23N5O2.C21H19N5O2/c1-13-9-28-12-19(25-21(28)16(4)24-13)18-8-17-6-7-20(26-22(17)31-23(18)30)29-11-14(2)27(5)10-15(29)3;1-12-6-17(23)20-25-18(11-27(20)9-12)16-7-15-4-5-19(26-21(15)30-22(16)29)28-10-13(2)24-8-14(28)3;1-14-11-27(12-15(2)25(14)3)20-8-7-16-10-17(22(28)29-21(16)24-20)18-13-26-9-5-4-6-19(26)23-18;1-12-2-4-18-23-17(11-25(18)9-12)16-6-13-3-5-19(24-20(13)28-21(16)27)26-10-14-7-15(26)8-22-14/h6-9,12,14-15H,10-11H2,1-5H3;4-7,9,11,13-14,24H,8,10H2,1-3H3;4-10,13-15H,11-12H2,1-3H3;2-6,9,11,14-15,22H,7-8,10H2,1H3/t14-,15+;13-,14+;14-,15+;14-,15-/m00.0/s1. The smallest absolute Gasteiger partial charge is 0.347 e. The Morgan fingerprint density at radius 3 is 1.45 bits per heavy atom. The van der Waals surface area contributed by atoms with E-state index in [9.17, 15) is 23.6 Å². The molecule has 0 aliphatic carbocycles. The Hall–Kier alpha value is -12.9. The Morgan fingerprint density at radius 1 is 0.407 bits per heavy atom. The van der Waals surface area contributed by atoms with Gasteiger partial charge in [-0.25, -0.2) is 43.5 Å². The van der Waals surface area contributed by atoms with Gasteiger partial charge in [0.1, 0.15) is 34.6 Å². The summed E-state index contributed by atoms with van der Waals surface area (Å²) in [7, 11) is 4.30. The lowest BCUT2D eigenvalue weighted by atomic mass is 10.1. The molecule has 5 saturated heterocycles. The van der Waals surface area contributed by atoms with E-state index < -0.39 is 28.3 Å². The minimum atomic E-state index is -0.547. The number of anilines is 4. The molecule has 5 fully saturated rings. The van der Waals surface area contributed by atoms with Crippen LogP contribution in [0.15, 0.2) is 196 Å². The zero-order valence-corrected chi connectivity index (χ0v) is 67.6. The van der Waals surface area contributed by atoms with Crippen molar-refractivity contribution < 1.29 is 22.1 Å². The van der Waals surface area contributed by atoms with Crippen molar-refractivity contribution in [2.24, 2.45) is 0 Å². The molecule has 0 aromatic carbocycles. The first-order valence-corrected chi connectivity index (χ1v) is 39.9. The minimum Gasteiger partial charge on any atom is -0.403 e. The highest BCUT2D eigenvalue weighted by atomic mass is 19.1. The Balaban J connectivity index is 0.000000108. The maximum Gasteiger partial charge on any atom is 0.347 e. The van der Waals surface area contributed by atoms with E-state index in [1.165, 1.54) is 6.07 Å². The third kappa shape index (κ3) is 14.8. The molecule has 0 radical (unpaired) electrons. The maximum atomic E-state index is 14.2. The maximum absolute atomic E-state index is 14.2. The van der Waals surface area contributed by atoms with Gasteiger partial charge in [-0.05, 0) is 198 Å². The van der Waals surface area contributed by atoms with Crippen LogP contribution in [-0.4, -0.2) is 187 Å². The van der Waals surface area contributed by atoms with Crippen molar-refractivity contribution in [3.63, 3.8) is 0 Å². The Bertz CT molecular complexity index is 6820. The highest BCUT2D eigenvalue weighted by Crippen LogP contribution is 2.34. The lowest BCUT2D eigenvalue weighted by molar-refractivity contribution is 0.169. The van der Waals surface area contributed by atoms with Gasteiger partial charge in [0.05, 0.1) is 56.4 Å². The van der Waals surface area contributed by atoms with Gasteiger partial charge in [-0.2, -0.15) is 19.9 Å². The number of aryl methyl sites for hydroxylation is 4. The van der Waals surface area contributed by atoms with Crippen LogP contribution in [0.25, 0.3) is 112 Å². The average Bonchev–Trinajstić information content (AvgIpc) is 1.50. The second kappa shape index (κ2) is 30.6. The summed E-state index contributed by atoms with van der Waals surface area (Å²) in [5.74, 6) is 2.90. The van der Waals surface area contributed by atoms with E-state index in [0.717, 1.165) is 138 Å². The molecule has 602 valence electrons. The number of fused-ring (bicyclic) bond motifs is 10. The van der Waals surface area contributed by atoms with E-state index in [1.54, 1.807) is 29.8 Å². The first-order valence-electron chi connectivity index (χ1n) is 39.9. The van der Waals surface area contributed by atoms with E-state index in [-0.39, 0.29) is 23.0 Å². The van der Waals surface area contributed by atoms with Gasteiger partial charge < -0.3 is 65.5 Å². The SMILES string of the molecule is C[C@@H]1CN(c2ccc3cc(-c4cn5ccccc5n4)c(=O)oc3n2)C[C@H](C)N1C.Cc1cc(F)c2nc(-c3cc4ccc(N5C[C@H](C)NC[C@H]5C)nc4oc3=O)cn2c1.Cc1ccc2nc(-c3cc4ccc(N5C[C@@H]6C[C@H]5CN6)nc4oc3=O)cn2c1.Cc1cn2cc(-c3cc4ccc(N5C[C@H](C)N(C)C[C@H]5C)nc4oc3=O)nc2c(C)n1. The van der Waals surface area contributed by atoms with Crippen molar-refractivity contribution in [3.8, 4) is 45.0 Å². The molecular weight excluding hydrogens is 1500 g/mol. The molecular formula is C88H90FN21O8. The summed E-state index contributed by atoms with van der Waals surface area (Å²) in [6.45, 7) is 28.0. The fourth-order valence-corrected chi connectivity index (χ4v) is 16.8. The van der Waals surface area contributed by atoms with E-state index in [0.29, 0.717) is 104 Å².